The summed E-state index contributed by atoms with van der Waals surface area (Å²) in [6.07, 6.45) is 6.58. The van der Waals surface area contributed by atoms with Crippen molar-refractivity contribution in [2.24, 2.45) is 5.92 Å². The molecule has 0 bridgehead atoms. The Balaban J connectivity index is 1.25. The van der Waals surface area contributed by atoms with E-state index in [1.165, 1.54) is 0 Å². The van der Waals surface area contributed by atoms with Gasteiger partial charge in [0.2, 0.25) is 11.8 Å². The van der Waals surface area contributed by atoms with Gasteiger partial charge in [0.25, 0.3) is 0 Å². The number of para-hydroxylation sites is 2. The molecule has 1 N–H and O–H groups in total. The van der Waals surface area contributed by atoms with E-state index in [0.717, 1.165) is 42.0 Å². The lowest BCUT2D eigenvalue weighted by Gasteiger charge is -2.43. The first-order chi connectivity index (χ1) is 14.1. The topological polar surface area (TPSA) is 58.6 Å². The molecule has 1 saturated heterocycles. The van der Waals surface area contributed by atoms with Crippen LogP contribution in [-0.4, -0.2) is 35.4 Å². The summed E-state index contributed by atoms with van der Waals surface area (Å²) >= 11 is 0. The first-order valence-electron chi connectivity index (χ1n) is 10.3. The SMILES string of the molecule is O=C(C1CC12C(=O)Nc1ccccc12)N1CCCC2(C=Cc3ccccc3O2)C1. The minimum atomic E-state index is -0.672. The van der Waals surface area contributed by atoms with Gasteiger partial charge in [0.1, 0.15) is 11.4 Å². The molecule has 2 aromatic rings. The number of piperidine rings is 1. The molecule has 0 aromatic heterocycles. The summed E-state index contributed by atoms with van der Waals surface area (Å²) in [6.45, 7) is 1.25. The van der Waals surface area contributed by atoms with Crippen molar-refractivity contribution in [2.45, 2.75) is 30.3 Å². The Labute approximate surface area is 169 Å². The second kappa shape index (κ2) is 5.72. The van der Waals surface area contributed by atoms with Crippen molar-refractivity contribution < 1.29 is 14.3 Å². The summed E-state index contributed by atoms with van der Waals surface area (Å²) in [7, 11) is 0. The zero-order valence-corrected chi connectivity index (χ0v) is 16.1. The Morgan fingerprint density at radius 1 is 1.14 bits per heavy atom. The zero-order valence-electron chi connectivity index (χ0n) is 16.1. The van der Waals surface area contributed by atoms with Crippen molar-refractivity contribution in [3.05, 3.63) is 65.7 Å². The summed E-state index contributed by atoms with van der Waals surface area (Å²) in [6, 6.07) is 15.7. The number of fused-ring (bicyclic) bond motifs is 3. The van der Waals surface area contributed by atoms with E-state index in [4.69, 9.17) is 4.74 Å². The number of likely N-dealkylation sites (tertiary alicyclic amines) is 1. The molecule has 3 unspecified atom stereocenters. The van der Waals surface area contributed by atoms with Crippen LogP contribution in [0.1, 0.15) is 30.4 Å². The molecule has 2 spiro atoms. The van der Waals surface area contributed by atoms with Crippen LogP contribution in [0.5, 0.6) is 5.75 Å². The highest BCUT2D eigenvalue weighted by molar-refractivity contribution is 6.12. The van der Waals surface area contributed by atoms with Crippen molar-refractivity contribution in [2.75, 3.05) is 18.4 Å². The maximum absolute atomic E-state index is 13.4. The summed E-state index contributed by atoms with van der Waals surface area (Å²) in [5.41, 5.74) is 1.74. The fourth-order valence-electron chi connectivity index (χ4n) is 5.33. The first kappa shape index (κ1) is 16.8. The molecule has 6 rings (SSSR count). The van der Waals surface area contributed by atoms with Gasteiger partial charge in [0.05, 0.1) is 17.9 Å². The van der Waals surface area contributed by atoms with Gasteiger partial charge in [-0.3, -0.25) is 9.59 Å². The lowest BCUT2D eigenvalue weighted by Crippen LogP contribution is -2.54. The van der Waals surface area contributed by atoms with Gasteiger partial charge in [-0.15, -0.1) is 0 Å². The standard InChI is InChI=1S/C24H22N2O3/c27-21(18-14-24(18)17-7-2-3-8-19(17)25-22(24)28)26-13-5-11-23(15-26)12-10-16-6-1-4-9-20(16)29-23/h1-4,6-10,12,18H,5,11,13-15H2,(H,25,28). The van der Waals surface area contributed by atoms with Crippen LogP contribution in [-0.2, 0) is 15.0 Å². The van der Waals surface area contributed by atoms with E-state index < -0.39 is 11.0 Å². The van der Waals surface area contributed by atoms with E-state index in [0.29, 0.717) is 13.0 Å². The van der Waals surface area contributed by atoms with E-state index in [1.807, 2.05) is 53.4 Å². The summed E-state index contributed by atoms with van der Waals surface area (Å²) in [5.74, 6) is 0.635. The number of ether oxygens (including phenoxy) is 1. The monoisotopic (exact) mass is 386 g/mol. The zero-order chi connectivity index (χ0) is 19.6. The Morgan fingerprint density at radius 2 is 1.97 bits per heavy atom. The second-order valence-corrected chi connectivity index (χ2v) is 8.63. The molecular weight excluding hydrogens is 364 g/mol. The normalized spacial score (nSPS) is 31.2. The molecule has 4 aliphatic rings. The largest absolute Gasteiger partial charge is 0.481 e. The number of rotatable bonds is 1. The average Bonchev–Trinajstić information content (AvgIpc) is 3.43. The number of carbonyl (C=O) groups is 2. The highest BCUT2D eigenvalue weighted by Gasteiger charge is 2.68. The molecular formula is C24H22N2O3. The Bertz CT molecular complexity index is 1080. The minimum Gasteiger partial charge on any atom is -0.481 e. The Morgan fingerprint density at radius 3 is 2.90 bits per heavy atom. The maximum Gasteiger partial charge on any atom is 0.235 e. The summed E-state index contributed by atoms with van der Waals surface area (Å²) in [4.78, 5) is 28.1. The van der Waals surface area contributed by atoms with Gasteiger partial charge in [-0.2, -0.15) is 0 Å². The van der Waals surface area contributed by atoms with Crippen LogP contribution >= 0.6 is 0 Å². The van der Waals surface area contributed by atoms with Crippen molar-refractivity contribution in [1.82, 2.24) is 4.90 Å². The Hall–Kier alpha value is -3.08. The summed E-state index contributed by atoms with van der Waals surface area (Å²) < 4.78 is 6.38. The molecule has 0 radical (unpaired) electrons. The maximum atomic E-state index is 13.4. The van der Waals surface area contributed by atoms with E-state index in [9.17, 15) is 9.59 Å². The van der Waals surface area contributed by atoms with E-state index in [1.54, 1.807) is 0 Å². The van der Waals surface area contributed by atoms with Crippen LogP contribution in [0.15, 0.2) is 54.6 Å². The molecule has 5 heteroatoms. The third kappa shape index (κ3) is 2.33. The Kier molecular flexibility index (Phi) is 3.32. The number of hydrogen-bond donors (Lipinski definition) is 1. The lowest BCUT2D eigenvalue weighted by molar-refractivity contribution is -0.138. The van der Waals surface area contributed by atoms with Gasteiger partial charge in [-0.05, 0) is 43.0 Å². The van der Waals surface area contributed by atoms with E-state index >= 15 is 0 Å². The molecule has 2 amide bonds. The molecule has 3 atom stereocenters. The third-order valence-corrected chi connectivity index (χ3v) is 6.92. The molecule has 1 aliphatic carbocycles. The molecule has 1 saturated carbocycles. The predicted molar refractivity (Wildman–Crippen MR) is 110 cm³/mol. The third-order valence-electron chi connectivity index (χ3n) is 6.92. The number of carbonyl (C=O) groups excluding carboxylic acids is 2. The van der Waals surface area contributed by atoms with E-state index in [2.05, 4.69) is 17.5 Å². The number of hydrogen-bond acceptors (Lipinski definition) is 3. The first-order valence-corrected chi connectivity index (χ1v) is 10.3. The van der Waals surface area contributed by atoms with Crippen molar-refractivity contribution in [3.63, 3.8) is 0 Å². The highest BCUT2D eigenvalue weighted by Crippen LogP contribution is 2.60. The van der Waals surface area contributed by atoms with Crippen LogP contribution in [0.25, 0.3) is 6.08 Å². The molecule has 3 aliphatic heterocycles. The molecule has 146 valence electrons. The fourth-order valence-corrected chi connectivity index (χ4v) is 5.33. The van der Waals surface area contributed by atoms with Gasteiger partial charge >= 0.3 is 0 Å². The molecule has 5 nitrogen and oxygen atoms in total. The van der Waals surface area contributed by atoms with Crippen LogP contribution in [0.4, 0.5) is 5.69 Å². The van der Waals surface area contributed by atoms with Crippen LogP contribution in [0.2, 0.25) is 0 Å². The van der Waals surface area contributed by atoms with Crippen LogP contribution in [0.3, 0.4) is 0 Å². The van der Waals surface area contributed by atoms with Crippen molar-refractivity contribution in [1.29, 1.82) is 0 Å². The lowest BCUT2D eigenvalue weighted by atomic mass is 9.88. The number of amides is 2. The number of nitrogens with one attached hydrogen (secondary N) is 1. The van der Waals surface area contributed by atoms with E-state index in [-0.39, 0.29) is 17.7 Å². The minimum absolute atomic E-state index is 0.0356. The average molecular weight is 386 g/mol. The van der Waals surface area contributed by atoms with Gasteiger partial charge in [0.15, 0.2) is 0 Å². The molecule has 29 heavy (non-hydrogen) atoms. The van der Waals surface area contributed by atoms with Crippen molar-refractivity contribution in [3.8, 4) is 5.75 Å². The quantitative estimate of drug-likeness (QED) is 0.818. The van der Waals surface area contributed by atoms with Gasteiger partial charge in [0, 0.05) is 17.8 Å². The van der Waals surface area contributed by atoms with Gasteiger partial charge < -0.3 is 15.0 Å². The predicted octanol–water partition coefficient (Wildman–Crippen LogP) is 3.36. The molecule has 2 fully saturated rings. The molecule has 3 heterocycles. The fraction of sp³-hybridized carbons (Fsp3) is 0.333. The van der Waals surface area contributed by atoms with Crippen molar-refractivity contribution >= 4 is 23.6 Å². The van der Waals surface area contributed by atoms with Crippen LogP contribution in [0, 0.1) is 5.92 Å². The summed E-state index contributed by atoms with van der Waals surface area (Å²) in [5, 5.41) is 2.96. The van der Waals surface area contributed by atoms with Crippen LogP contribution < -0.4 is 10.1 Å². The second-order valence-electron chi connectivity index (χ2n) is 8.63. The van der Waals surface area contributed by atoms with Gasteiger partial charge in [-0.1, -0.05) is 42.5 Å². The number of nitrogens with zero attached hydrogens (tertiary/aromatic N) is 1. The molecule has 2 aromatic carbocycles. The highest BCUT2D eigenvalue weighted by atomic mass is 16.5. The smallest absolute Gasteiger partial charge is 0.235 e. The number of benzene rings is 2. The van der Waals surface area contributed by atoms with Gasteiger partial charge in [-0.25, -0.2) is 0 Å². The number of anilines is 1.